The standard InChI is InChI=1S/C12H14N2O2/c1-7-5-8(2)10(6-9(7)13)14-11(15)3-4-12(14)16/h5-6H,3-4,13H2,1-2H3. The second kappa shape index (κ2) is 3.63. The van der Waals surface area contributed by atoms with Gasteiger partial charge >= 0.3 is 0 Å². The lowest BCUT2D eigenvalue weighted by atomic mass is 10.1. The molecule has 2 amide bonds. The van der Waals surface area contributed by atoms with Crippen molar-refractivity contribution >= 4 is 23.2 Å². The van der Waals surface area contributed by atoms with E-state index in [-0.39, 0.29) is 11.8 Å². The fourth-order valence-corrected chi connectivity index (χ4v) is 1.94. The van der Waals surface area contributed by atoms with Gasteiger partial charge in [-0.05, 0) is 31.0 Å². The summed E-state index contributed by atoms with van der Waals surface area (Å²) < 4.78 is 0. The van der Waals surface area contributed by atoms with E-state index in [1.54, 1.807) is 6.07 Å². The first-order chi connectivity index (χ1) is 7.50. The van der Waals surface area contributed by atoms with Gasteiger partial charge < -0.3 is 5.73 Å². The number of aryl methyl sites for hydroxylation is 2. The molecule has 84 valence electrons. The summed E-state index contributed by atoms with van der Waals surface area (Å²) in [5, 5.41) is 0. The molecule has 1 heterocycles. The van der Waals surface area contributed by atoms with Gasteiger partial charge in [-0.15, -0.1) is 0 Å². The van der Waals surface area contributed by atoms with Crippen LogP contribution in [0.25, 0.3) is 0 Å². The van der Waals surface area contributed by atoms with E-state index in [0.717, 1.165) is 11.1 Å². The van der Waals surface area contributed by atoms with Gasteiger partial charge in [0.1, 0.15) is 0 Å². The summed E-state index contributed by atoms with van der Waals surface area (Å²) in [5.74, 6) is -0.285. The lowest BCUT2D eigenvalue weighted by Crippen LogP contribution is -2.29. The average molecular weight is 218 g/mol. The highest BCUT2D eigenvalue weighted by Gasteiger charge is 2.31. The zero-order valence-electron chi connectivity index (χ0n) is 9.41. The molecule has 1 aromatic rings. The maximum atomic E-state index is 11.6. The molecule has 0 bridgehead atoms. The predicted molar refractivity (Wildman–Crippen MR) is 62.1 cm³/mol. The van der Waals surface area contributed by atoms with Crippen LogP contribution >= 0.6 is 0 Å². The van der Waals surface area contributed by atoms with Crippen LogP contribution in [0.5, 0.6) is 0 Å². The van der Waals surface area contributed by atoms with Gasteiger partial charge in [-0.1, -0.05) is 6.07 Å². The van der Waals surface area contributed by atoms with Crippen molar-refractivity contribution in [3.63, 3.8) is 0 Å². The molecule has 0 radical (unpaired) electrons. The summed E-state index contributed by atoms with van der Waals surface area (Å²) in [5.41, 5.74) is 8.88. The first-order valence-electron chi connectivity index (χ1n) is 5.23. The maximum Gasteiger partial charge on any atom is 0.234 e. The summed E-state index contributed by atoms with van der Waals surface area (Å²) in [6, 6.07) is 3.59. The normalized spacial score (nSPS) is 16.0. The molecule has 0 aromatic heterocycles. The summed E-state index contributed by atoms with van der Waals surface area (Å²) in [6.45, 7) is 3.78. The third-order valence-corrected chi connectivity index (χ3v) is 2.88. The Balaban J connectivity index is 2.51. The summed E-state index contributed by atoms with van der Waals surface area (Å²) in [7, 11) is 0. The molecule has 16 heavy (non-hydrogen) atoms. The molecule has 2 rings (SSSR count). The molecule has 1 aliphatic rings. The number of nitrogens with zero attached hydrogens (tertiary/aromatic N) is 1. The largest absolute Gasteiger partial charge is 0.398 e. The van der Waals surface area contributed by atoms with Crippen LogP contribution in [0.2, 0.25) is 0 Å². The Hall–Kier alpha value is -1.84. The molecule has 1 aromatic carbocycles. The fourth-order valence-electron chi connectivity index (χ4n) is 1.94. The van der Waals surface area contributed by atoms with Crippen molar-refractivity contribution in [2.45, 2.75) is 26.7 Å². The summed E-state index contributed by atoms with van der Waals surface area (Å²) >= 11 is 0. The molecule has 1 aliphatic heterocycles. The zero-order valence-corrected chi connectivity index (χ0v) is 9.41. The van der Waals surface area contributed by atoms with Crippen LogP contribution in [0.3, 0.4) is 0 Å². The van der Waals surface area contributed by atoms with Gasteiger partial charge in [0.2, 0.25) is 11.8 Å². The second-order valence-electron chi connectivity index (χ2n) is 4.12. The van der Waals surface area contributed by atoms with Crippen molar-refractivity contribution in [3.8, 4) is 0 Å². The van der Waals surface area contributed by atoms with Crippen LogP contribution < -0.4 is 10.6 Å². The minimum atomic E-state index is -0.142. The van der Waals surface area contributed by atoms with Crippen molar-refractivity contribution < 1.29 is 9.59 Å². The fraction of sp³-hybridized carbons (Fsp3) is 0.333. The van der Waals surface area contributed by atoms with E-state index >= 15 is 0 Å². The molecule has 4 heteroatoms. The number of nitrogens with two attached hydrogens (primary N) is 1. The van der Waals surface area contributed by atoms with Crippen molar-refractivity contribution in [3.05, 3.63) is 23.3 Å². The molecule has 0 aliphatic carbocycles. The molecule has 0 saturated carbocycles. The number of benzene rings is 1. The minimum Gasteiger partial charge on any atom is -0.398 e. The van der Waals surface area contributed by atoms with Gasteiger partial charge in [0.25, 0.3) is 0 Å². The number of rotatable bonds is 1. The van der Waals surface area contributed by atoms with E-state index < -0.39 is 0 Å². The van der Waals surface area contributed by atoms with Crippen LogP contribution in [-0.4, -0.2) is 11.8 Å². The predicted octanol–water partition coefficient (Wildman–Crippen LogP) is 1.54. The highest BCUT2D eigenvalue weighted by atomic mass is 16.2. The molecule has 0 unspecified atom stereocenters. The Morgan fingerprint density at radius 2 is 1.62 bits per heavy atom. The first-order valence-corrected chi connectivity index (χ1v) is 5.23. The molecule has 1 saturated heterocycles. The van der Waals surface area contributed by atoms with E-state index in [0.29, 0.717) is 24.2 Å². The lowest BCUT2D eigenvalue weighted by molar-refractivity contribution is -0.121. The highest BCUT2D eigenvalue weighted by Crippen LogP contribution is 2.29. The van der Waals surface area contributed by atoms with Crippen LogP contribution in [0, 0.1) is 13.8 Å². The lowest BCUT2D eigenvalue weighted by Gasteiger charge is -2.18. The second-order valence-corrected chi connectivity index (χ2v) is 4.12. The average Bonchev–Trinajstić information content (AvgIpc) is 2.53. The van der Waals surface area contributed by atoms with Gasteiger partial charge in [-0.2, -0.15) is 0 Å². The molecule has 4 nitrogen and oxygen atoms in total. The van der Waals surface area contributed by atoms with Crippen LogP contribution in [0.4, 0.5) is 11.4 Å². The number of anilines is 2. The van der Waals surface area contributed by atoms with E-state index in [1.807, 2.05) is 19.9 Å². The zero-order chi connectivity index (χ0) is 11.9. The topological polar surface area (TPSA) is 63.4 Å². The van der Waals surface area contributed by atoms with E-state index in [2.05, 4.69) is 0 Å². The van der Waals surface area contributed by atoms with Crippen LogP contribution in [0.1, 0.15) is 24.0 Å². The smallest absolute Gasteiger partial charge is 0.234 e. The van der Waals surface area contributed by atoms with Crippen molar-refractivity contribution in [1.82, 2.24) is 0 Å². The number of nitrogen functional groups attached to an aromatic ring is 1. The van der Waals surface area contributed by atoms with Crippen molar-refractivity contribution in [2.24, 2.45) is 0 Å². The van der Waals surface area contributed by atoms with Crippen LogP contribution in [-0.2, 0) is 9.59 Å². The number of imide groups is 1. The van der Waals surface area contributed by atoms with E-state index in [1.165, 1.54) is 4.90 Å². The Labute approximate surface area is 94.0 Å². The quantitative estimate of drug-likeness (QED) is 0.574. The Bertz CT molecular complexity index is 464. The van der Waals surface area contributed by atoms with Gasteiger partial charge in [0.05, 0.1) is 5.69 Å². The van der Waals surface area contributed by atoms with E-state index in [9.17, 15) is 9.59 Å². The number of carbonyl (C=O) groups excluding carboxylic acids is 2. The Morgan fingerprint density at radius 1 is 1.06 bits per heavy atom. The maximum absolute atomic E-state index is 11.6. The molecule has 2 N–H and O–H groups in total. The molecule has 0 spiro atoms. The van der Waals surface area contributed by atoms with Gasteiger partial charge in [0, 0.05) is 18.5 Å². The van der Waals surface area contributed by atoms with Gasteiger partial charge in [0.15, 0.2) is 0 Å². The van der Waals surface area contributed by atoms with Gasteiger partial charge in [-0.3, -0.25) is 14.5 Å². The minimum absolute atomic E-state index is 0.142. The van der Waals surface area contributed by atoms with Crippen molar-refractivity contribution in [1.29, 1.82) is 0 Å². The first kappa shape index (κ1) is 10.7. The van der Waals surface area contributed by atoms with Crippen LogP contribution in [0.15, 0.2) is 12.1 Å². The third kappa shape index (κ3) is 1.56. The molecule has 0 atom stereocenters. The third-order valence-electron chi connectivity index (χ3n) is 2.88. The molecule has 1 fully saturated rings. The Morgan fingerprint density at radius 3 is 2.19 bits per heavy atom. The molecular formula is C12H14N2O2. The summed E-state index contributed by atoms with van der Waals surface area (Å²) in [4.78, 5) is 24.4. The molecular weight excluding hydrogens is 204 g/mol. The van der Waals surface area contributed by atoms with Crippen molar-refractivity contribution in [2.75, 3.05) is 10.6 Å². The summed E-state index contributed by atoms with van der Waals surface area (Å²) in [6.07, 6.45) is 0.595. The van der Waals surface area contributed by atoms with Gasteiger partial charge in [-0.25, -0.2) is 0 Å². The number of hydrogen-bond donors (Lipinski definition) is 1. The SMILES string of the molecule is Cc1cc(C)c(N2C(=O)CCC2=O)cc1N. The number of amides is 2. The van der Waals surface area contributed by atoms with E-state index in [4.69, 9.17) is 5.73 Å². The Kier molecular flexibility index (Phi) is 2.42. The number of hydrogen-bond acceptors (Lipinski definition) is 3. The number of carbonyl (C=O) groups is 2. The monoisotopic (exact) mass is 218 g/mol. The highest BCUT2D eigenvalue weighted by molar-refractivity contribution is 6.20.